The quantitative estimate of drug-likeness (QED) is 0.784. The van der Waals surface area contributed by atoms with E-state index in [0.717, 1.165) is 5.56 Å². The second-order valence-electron chi connectivity index (χ2n) is 6.71. The van der Waals surface area contributed by atoms with Crippen molar-refractivity contribution in [3.05, 3.63) is 60.2 Å². The van der Waals surface area contributed by atoms with E-state index >= 15 is 0 Å². The molecule has 0 saturated carbocycles. The Balaban J connectivity index is 1.50. The van der Waals surface area contributed by atoms with Crippen LogP contribution < -0.4 is 5.32 Å². The summed E-state index contributed by atoms with van der Waals surface area (Å²) in [5, 5.41) is 2.89. The fourth-order valence-corrected chi connectivity index (χ4v) is 4.49. The van der Waals surface area contributed by atoms with Gasteiger partial charge in [-0.1, -0.05) is 12.1 Å². The number of carbonyl (C=O) groups is 1. The number of halogens is 1. The van der Waals surface area contributed by atoms with Gasteiger partial charge in [-0.05, 0) is 36.8 Å². The summed E-state index contributed by atoms with van der Waals surface area (Å²) in [5.74, 6) is -0.471. The molecule has 0 radical (unpaired) electrons. The molecule has 3 rings (SSSR count). The van der Waals surface area contributed by atoms with E-state index < -0.39 is 10.0 Å². The minimum Gasteiger partial charge on any atom is -0.348 e. The molecule has 0 aliphatic carbocycles. The Morgan fingerprint density at radius 1 is 1.18 bits per heavy atom. The van der Waals surface area contributed by atoms with Gasteiger partial charge in [0.05, 0.1) is 12.6 Å². The minimum atomic E-state index is -3.56. The van der Waals surface area contributed by atoms with Gasteiger partial charge in [-0.25, -0.2) is 12.8 Å². The highest BCUT2D eigenvalue weighted by molar-refractivity contribution is 7.89. The van der Waals surface area contributed by atoms with Crippen LogP contribution >= 0.6 is 0 Å². The summed E-state index contributed by atoms with van der Waals surface area (Å²) in [4.78, 5) is 18.3. The summed E-state index contributed by atoms with van der Waals surface area (Å²) in [5.41, 5.74) is 0.821. The molecule has 1 aliphatic heterocycles. The number of hydrogen-bond donors (Lipinski definition) is 1. The summed E-state index contributed by atoms with van der Waals surface area (Å²) in [6.07, 6.45) is 2.87. The maximum Gasteiger partial charge on any atom is 0.244 e. The Hall–Kier alpha value is -2.36. The summed E-state index contributed by atoms with van der Waals surface area (Å²) in [6, 6.07) is 8.89. The molecule has 1 aliphatic rings. The molecule has 150 valence electrons. The standard InChI is InChI=1S/C19H23FN4O3S/c1-15(16-4-6-17(20)7-5-16)22-19(25)14-23-9-11-24(12-10-23)28(26,27)18-3-2-8-21-13-18/h2-8,13,15H,9-12,14H2,1H3,(H,22,25). The largest absolute Gasteiger partial charge is 0.348 e. The van der Waals surface area contributed by atoms with E-state index in [9.17, 15) is 17.6 Å². The predicted octanol–water partition coefficient (Wildman–Crippen LogP) is 1.40. The van der Waals surface area contributed by atoms with Gasteiger partial charge in [-0.2, -0.15) is 4.31 Å². The monoisotopic (exact) mass is 406 g/mol. The first kappa shape index (κ1) is 20.4. The molecule has 1 aromatic carbocycles. The van der Waals surface area contributed by atoms with Crippen molar-refractivity contribution in [3.8, 4) is 0 Å². The lowest BCUT2D eigenvalue weighted by Crippen LogP contribution is -2.51. The molecule has 1 N–H and O–H groups in total. The number of aromatic nitrogens is 1. The summed E-state index contributed by atoms with van der Waals surface area (Å²) in [7, 11) is -3.56. The van der Waals surface area contributed by atoms with Crippen LogP contribution in [0.25, 0.3) is 0 Å². The van der Waals surface area contributed by atoms with Gasteiger partial charge < -0.3 is 5.32 Å². The van der Waals surface area contributed by atoms with Crippen LogP contribution in [0.5, 0.6) is 0 Å². The fraction of sp³-hybridized carbons (Fsp3) is 0.368. The predicted molar refractivity (Wildman–Crippen MR) is 102 cm³/mol. The van der Waals surface area contributed by atoms with Crippen LogP contribution in [-0.4, -0.2) is 61.2 Å². The summed E-state index contributed by atoms with van der Waals surface area (Å²) < 4.78 is 39.6. The number of benzene rings is 1. The number of nitrogens with zero attached hydrogens (tertiary/aromatic N) is 3. The average Bonchev–Trinajstić information content (AvgIpc) is 2.69. The highest BCUT2D eigenvalue weighted by Crippen LogP contribution is 2.17. The molecule has 1 fully saturated rings. The third kappa shape index (κ3) is 4.92. The van der Waals surface area contributed by atoms with E-state index in [-0.39, 0.29) is 29.2 Å². The van der Waals surface area contributed by atoms with Crippen LogP contribution in [0, 0.1) is 5.82 Å². The van der Waals surface area contributed by atoms with Crippen molar-refractivity contribution in [2.75, 3.05) is 32.7 Å². The van der Waals surface area contributed by atoms with E-state index in [1.807, 2.05) is 11.8 Å². The normalized spacial score (nSPS) is 17.2. The number of sulfonamides is 1. The van der Waals surface area contributed by atoms with Gasteiger partial charge in [0.1, 0.15) is 10.7 Å². The molecule has 28 heavy (non-hydrogen) atoms. The van der Waals surface area contributed by atoms with Gasteiger partial charge in [0.15, 0.2) is 0 Å². The number of carbonyl (C=O) groups excluding carboxylic acids is 1. The number of pyridine rings is 1. The van der Waals surface area contributed by atoms with Crippen LogP contribution in [0.4, 0.5) is 4.39 Å². The molecule has 0 bridgehead atoms. The molecule has 1 atom stereocenters. The Bertz CT molecular complexity index is 899. The SMILES string of the molecule is CC(NC(=O)CN1CCN(S(=O)(=O)c2cccnc2)CC1)c1ccc(F)cc1. The molecule has 1 saturated heterocycles. The van der Waals surface area contributed by atoms with Gasteiger partial charge in [-0.15, -0.1) is 0 Å². The maximum absolute atomic E-state index is 13.0. The zero-order valence-corrected chi connectivity index (χ0v) is 16.4. The van der Waals surface area contributed by atoms with Gasteiger partial charge in [-0.3, -0.25) is 14.7 Å². The molecule has 2 heterocycles. The van der Waals surface area contributed by atoms with Crippen molar-refractivity contribution in [2.45, 2.75) is 17.9 Å². The lowest BCUT2D eigenvalue weighted by molar-refractivity contribution is -0.123. The molecule has 7 nitrogen and oxygen atoms in total. The highest BCUT2D eigenvalue weighted by atomic mass is 32.2. The number of hydrogen-bond acceptors (Lipinski definition) is 5. The lowest BCUT2D eigenvalue weighted by Gasteiger charge is -2.33. The first-order chi connectivity index (χ1) is 13.4. The molecular weight excluding hydrogens is 383 g/mol. The Labute approximate surface area is 164 Å². The van der Waals surface area contributed by atoms with E-state index in [1.165, 1.54) is 34.9 Å². The molecular formula is C19H23FN4O3S. The van der Waals surface area contributed by atoms with Crippen molar-refractivity contribution in [2.24, 2.45) is 0 Å². The molecule has 1 unspecified atom stereocenters. The first-order valence-electron chi connectivity index (χ1n) is 9.03. The van der Waals surface area contributed by atoms with E-state index in [2.05, 4.69) is 10.3 Å². The molecule has 1 aromatic heterocycles. The van der Waals surface area contributed by atoms with Gasteiger partial charge in [0.2, 0.25) is 15.9 Å². The van der Waals surface area contributed by atoms with Crippen LogP contribution in [-0.2, 0) is 14.8 Å². The van der Waals surface area contributed by atoms with E-state index in [4.69, 9.17) is 0 Å². The topological polar surface area (TPSA) is 82.6 Å². The van der Waals surface area contributed by atoms with Gasteiger partial charge in [0, 0.05) is 38.6 Å². The third-order valence-corrected chi connectivity index (χ3v) is 6.60. The number of nitrogens with one attached hydrogen (secondary N) is 1. The van der Waals surface area contributed by atoms with Crippen molar-refractivity contribution in [1.82, 2.24) is 19.5 Å². The van der Waals surface area contributed by atoms with Crippen molar-refractivity contribution in [1.29, 1.82) is 0 Å². The smallest absolute Gasteiger partial charge is 0.244 e. The second-order valence-corrected chi connectivity index (χ2v) is 8.65. The number of rotatable bonds is 6. The molecule has 0 spiro atoms. The van der Waals surface area contributed by atoms with Crippen LogP contribution in [0.15, 0.2) is 53.7 Å². The first-order valence-corrected chi connectivity index (χ1v) is 10.5. The minimum absolute atomic E-state index is 0.152. The van der Waals surface area contributed by atoms with Gasteiger partial charge in [0.25, 0.3) is 0 Å². The van der Waals surface area contributed by atoms with Crippen LogP contribution in [0.2, 0.25) is 0 Å². The van der Waals surface area contributed by atoms with Crippen molar-refractivity contribution < 1.29 is 17.6 Å². The molecule has 9 heteroatoms. The Morgan fingerprint density at radius 3 is 2.46 bits per heavy atom. The molecule has 1 amide bonds. The Morgan fingerprint density at radius 2 is 1.86 bits per heavy atom. The zero-order valence-electron chi connectivity index (χ0n) is 15.6. The van der Waals surface area contributed by atoms with Crippen molar-refractivity contribution in [3.63, 3.8) is 0 Å². The summed E-state index contributed by atoms with van der Waals surface area (Å²) >= 11 is 0. The van der Waals surface area contributed by atoms with E-state index in [0.29, 0.717) is 26.2 Å². The highest BCUT2D eigenvalue weighted by Gasteiger charge is 2.29. The summed E-state index contributed by atoms with van der Waals surface area (Å²) in [6.45, 7) is 3.60. The van der Waals surface area contributed by atoms with E-state index in [1.54, 1.807) is 18.2 Å². The number of piperazine rings is 1. The molecule has 2 aromatic rings. The van der Waals surface area contributed by atoms with Crippen molar-refractivity contribution >= 4 is 15.9 Å². The fourth-order valence-electron chi connectivity index (χ4n) is 3.10. The second kappa shape index (κ2) is 8.76. The van der Waals surface area contributed by atoms with Crippen LogP contribution in [0.1, 0.15) is 18.5 Å². The Kier molecular flexibility index (Phi) is 6.38. The number of amides is 1. The van der Waals surface area contributed by atoms with Gasteiger partial charge >= 0.3 is 0 Å². The van der Waals surface area contributed by atoms with Crippen LogP contribution in [0.3, 0.4) is 0 Å². The maximum atomic E-state index is 13.0. The third-order valence-electron chi connectivity index (χ3n) is 4.72. The zero-order chi connectivity index (χ0) is 20.1. The average molecular weight is 406 g/mol. The lowest BCUT2D eigenvalue weighted by atomic mass is 10.1.